The number of halogens is 1. The third-order valence-electron chi connectivity index (χ3n) is 4.23. The van der Waals surface area contributed by atoms with Gasteiger partial charge in [0, 0.05) is 19.6 Å². The Morgan fingerprint density at radius 3 is 2.83 bits per heavy atom. The number of imidazole rings is 1. The summed E-state index contributed by atoms with van der Waals surface area (Å²) in [6.45, 7) is 7.95. The first kappa shape index (κ1) is 17.1. The Morgan fingerprint density at radius 2 is 2.12 bits per heavy atom. The van der Waals surface area contributed by atoms with E-state index in [9.17, 15) is 4.79 Å². The van der Waals surface area contributed by atoms with Gasteiger partial charge in [-0.25, -0.2) is 9.78 Å². The van der Waals surface area contributed by atoms with Gasteiger partial charge < -0.3 is 14.2 Å². The highest BCUT2D eigenvalue weighted by atomic mass is 35.5. The van der Waals surface area contributed by atoms with Gasteiger partial charge in [-0.3, -0.25) is 0 Å². The molecule has 0 unspecified atom stereocenters. The third-order valence-corrected chi connectivity index (χ3v) is 4.47. The molecule has 2 aromatic rings. The highest BCUT2D eigenvalue weighted by molar-refractivity contribution is 6.16. The van der Waals surface area contributed by atoms with E-state index in [0.29, 0.717) is 18.3 Å². The molecule has 0 spiro atoms. The van der Waals surface area contributed by atoms with E-state index in [2.05, 4.69) is 15.6 Å². The number of carbonyl (C=O) groups is 1. The molecule has 1 aromatic heterocycles. The van der Waals surface area contributed by atoms with Crippen LogP contribution in [0.4, 0.5) is 4.79 Å². The molecule has 1 saturated heterocycles. The number of para-hydroxylation sites is 2. The van der Waals surface area contributed by atoms with Gasteiger partial charge in [0.05, 0.1) is 16.9 Å². The van der Waals surface area contributed by atoms with Crippen LogP contribution in [0.2, 0.25) is 0 Å². The largest absolute Gasteiger partial charge is 0.444 e. The summed E-state index contributed by atoms with van der Waals surface area (Å²) in [4.78, 5) is 18.6. The molecule has 2 heterocycles. The number of benzene rings is 1. The molecule has 0 aliphatic carbocycles. The van der Waals surface area contributed by atoms with E-state index in [1.54, 1.807) is 4.90 Å². The van der Waals surface area contributed by atoms with Crippen molar-refractivity contribution in [2.24, 2.45) is 5.92 Å². The number of nitrogens with zero attached hydrogens (tertiary/aromatic N) is 3. The summed E-state index contributed by atoms with van der Waals surface area (Å²) in [5.41, 5.74) is 1.61. The fourth-order valence-corrected chi connectivity index (χ4v) is 3.37. The molecule has 6 heteroatoms. The number of carbonyl (C=O) groups excluding carboxylic acids is 1. The maximum atomic E-state index is 12.2. The van der Waals surface area contributed by atoms with Crippen molar-refractivity contribution < 1.29 is 9.53 Å². The van der Waals surface area contributed by atoms with Gasteiger partial charge in [-0.05, 0) is 45.2 Å². The van der Waals surface area contributed by atoms with Crippen molar-refractivity contribution in [1.82, 2.24) is 14.5 Å². The minimum atomic E-state index is -0.457. The second kappa shape index (κ2) is 6.63. The first-order valence-electron chi connectivity index (χ1n) is 8.35. The molecule has 3 rings (SSSR count). The Balaban J connectivity index is 1.71. The van der Waals surface area contributed by atoms with E-state index in [-0.39, 0.29) is 6.09 Å². The second-order valence-electron chi connectivity index (χ2n) is 7.34. The van der Waals surface area contributed by atoms with Crippen LogP contribution in [0.5, 0.6) is 0 Å². The lowest BCUT2D eigenvalue weighted by Gasteiger charge is -2.24. The lowest BCUT2D eigenvalue weighted by atomic mass is 10.1. The molecule has 0 radical (unpaired) electrons. The maximum absolute atomic E-state index is 12.2. The lowest BCUT2D eigenvalue weighted by Crippen LogP contribution is -2.35. The molecule has 24 heavy (non-hydrogen) atoms. The number of aromatic nitrogens is 2. The molecule has 1 aliphatic heterocycles. The standard InChI is InChI=1S/C18H24ClN3O2/c1-18(2,3)24-17(23)21-9-8-13(11-21)12-22-15-7-5-4-6-14(15)20-16(22)10-19/h4-7,13H,8-12H2,1-3H3/t13-/m1/s1. The number of likely N-dealkylation sites (tertiary alicyclic amines) is 1. The molecule has 130 valence electrons. The maximum Gasteiger partial charge on any atom is 0.410 e. The zero-order valence-corrected chi connectivity index (χ0v) is 15.2. The van der Waals surface area contributed by atoms with Crippen LogP contribution in [0.1, 0.15) is 33.0 Å². The van der Waals surface area contributed by atoms with Crippen molar-refractivity contribution >= 4 is 28.7 Å². The Labute approximate surface area is 147 Å². The van der Waals surface area contributed by atoms with Gasteiger partial charge in [0.15, 0.2) is 0 Å². The van der Waals surface area contributed by atoms with E-state index in [1.807, 2.05) is 39.0 Å². The number of amides is 1. The summed E-state index contributed by atoms with van der Waals surface area (Å²) >= 11 is 6.07. The summed E-state index contributed by atoms with van der Waals surface area (Å²) in [6.07, 6.45) is 0.742. The van der Waals surface area contributed by atoms with Gasteiger partial charge >= 0.3 is 6.09 Å². The second-order valence-corrected chi connectivity index (χ2v) is 7.61. The zero-order chi connectivity index (χ0) is 17.3. The number of hydrogen-bond acceptors (Lipinski definition) is 3. The number of alkyl halides is 1. The van der Waals surface area contributed by atoms with Crippen molar-refractivity contribution in [3.8, 4) is 0 Å². The molecule has 1 amide bonds. The predicted molar refractivity (Wildman–Crippen MR) is 95.2 cm³/mol. The first-order valence-corrected chi connectivity index (χ1v) is 8.89. The first-order chi connectivity index (χ1) is 11.4. The van der Waals surface area contributed by atoms with Crippen molar-refractivity contribution in [1.29, 1.82) is 0 Å². The molecule has 0 bridgehead atoms. The van der Waals surface area contributed by atoms with Crippen LogP contribution in [-0.4, -0.2) is 39.2 Å². The highest BCUT2D eigenvalue weighted by Gasteiger charge is 2.30. The predicted octanol–water partition coefficient (Wildman–Crippen LogP) is 4.03. The Kier molecular flexibility index (Phi) is 4.72. The fraction of sp³-hybridized carbons (Fsp3) is 0.556. The van der Waals surface area contributed by atoms with Crippen LogP contribution in [0.3, 0.4) is 0 Å². The van der Waals surface area contributed by atoms with Crippen molar-refractivity contribution in [3.63, 3.8) is 0 Å². The third kappa shape index (κ3) is 3.66. The average molecular weight is 350 g/mol. The normalized spacial score (nSPS) is 18.3. The van der Waals surface area contributed by atoms with E-state index in [4.69, 9.17) is 16.3 Å². The van der Waals surface area contributed by atoms with E-state index >= 15 is 0 Å². The smallest absolute Gasteiger partial charge is 0.410 e. The molecular formula is C18H24ClN3O2. The SMILES string of the molecule is CC(C)(C)OC(=O)N1CC[C@@H](Cn2c(CCl)nc3ccccc32)C1. The minimum Gasteiger partial charge on any atom is -0.444 e. The number of fused-ring (bicyclic) bond motifs is 1. The topological polar surface area (TPSA) is 47.4 Å². The van der Waals surface area contributed by atoms with Crippen LogP contribution < -0.4 is 0 Å². The minimum absolute atomic E-state index is 0.224. The lowest BCUT2D eigenvalue weighted by molar-refractivity contribution is 0.0287. The monoisotopic (exact) mass is 349 g/mol. The fourth-order valence-electron chi connectivity index (χ4n) is 3.16. The molecule has 0 N–H and O–H groups in total. The molecular weight excluding hydrogens is 326 g/mol. The zero-order valence-electron chi connectivity index (χ0n) is 14.5. The van der Waals surface area contributed by atoms with E-state index in [0.717, 1.165) is 36.4 Å². The molecule has 1 aliphatic rings. The molecule has 1 atom stereocenters. The molecule has 1 aromatic carbocycles. The van der Waals surface area contributed by atoms with Gasteiger partial charge in [-0.15, -0.1) is 11.6 Å². The van der Waals surface area contributed by atoms with E-state index < -0.39 is 5.60 Å². The highest BCUT2D eigenvalue weighted by Crippen LogP contribution is 2.24. The van der Waals surface area contributed by atoms with Gasteiger partial charge in [0.25, 0.3) is 0 Å². The number of rotatable bonds is 3. The van der Waals surface area contributed by atoms with Crippen LogP contribution in [0.15, 0.2) is 24.3 Å². The van der Waals surface area contributed by atoms with Crippen molar-refractivity contribution in [2.45, 2.75) is 45.2 Å². The Hall–Kier alpha value is -1.75. The summed E-state index contributed by atoms with van der Waals surface area (Å²) in [5, 5.41) is 0. The number of ether oxygens (including phenoxy) is 1. The van der Waals surface area contributed by atoms with Crippen molar-refractivity contribution in [2.75, 3.05) is 13.1 Å². The molecule has 1 fully saturated rings. The van der Waals surface area contributed by atoms with Crippen LogP contribution in [-0.2, 0) is 17.2 Å². The summed E-state index contributed by atoms with van der Waals surface area (Å²) in [5.74, 6) is 1.66. The molecule has 0 saturated carbocycles. The summed E-state index contributed by atoms with van der Waals surface area (Å²) < 4.78 is 7.65. The van der Waals surface area contributed by atoms with E-state index in [1.165, 1.54) is 0 Å². The van der Waals surface area contributed by atoms with Gasteiger partial charge in [0.2, 0.25) is 0 Å². The quantitative estimate of drug-likeness (QED) is 0.786. The average Bonchev–Trinajstić information content (AvgIpc) is 3.11. The van der Waals surface area contributed by atoms with Gasteiger partial charge in [-0.1, -0.05) is 12.1 Å². The van der Waals surface area contributed by atoms with Crippen LogP contribution >= 0.6 is 11.6 Å². The summed E-state index contributed by atoms with van der Waals surface area (Å²) in [7, 11) is 0. The molecule has 5 nitrogen and oxygen atoms in total. The van der Waals surface area contributed by atoms with Crippen molar-refractivity contribution in [3.05, 3.63) is 30.1 Å². The summed E-state index contributed by atoms with van der Waals surface area (Å²) in [6, 6.07) is 8.07. The van der Waals surface area contributed by atoms with Gasteiger partial charge in [0.1, 0.15) is 11.4 Å². The van der Waals surface area contributed by atoms with Crippen LogP contribution in [0.25, 0.3) is 11.0 Å². The Bertz CT molecular complexity index is 735. The van der Waals surface area contributed by atoms with Crippen LogP contribution in [0, 0.1) is 5.92 Å². The van der Waals surface area contributed by atoms with Gasteiger partial charge in [-0.2, -0.15) is 0 Å². The number of hydrogen-bond donors (Lipinski definition) is 0. The Morgan fingerprint density at radius 1 is 1.38 bits per heavy atom.